The smallest absolute Gasteiger partial charge is 0 e. The number of halogens is 5. The second-order valence-electron chi connectivity index (χ2n) is 0. The maximum Gasteiger partial charge on any atom is 0 e. The van der Waals surface area contributed by atoms with Crippen LogP contribution in [0.5, 0.6) is 0 Å². The molecule has 0 fully saturated rings. The minimum Gasteiger partial charge on any atom is -1.00 e. The van der Waals surface area contributed by atoms with Crippen molar-refractivity contribution < 1.29 is 37.2 Å². The van der Waals surface area contributed by atoms with E-state index < -0.39 is 0 Å². The molecule has 0 bridgehead atoms. The van der Waals surface area contributed by atoms with E-state index in [-0.39, 0.29) is 62.0 Å². The predicted molar refractivity (Wildman–Crippen MR) is 14.5 cm³/mol. The Labute approximate surface area is 62.1 Å². The largest absolute Gasteiger partial charge is 1.00 e. The molecule has 0 aromatic heterocycles. The summed E-state index contributed by atoms with van der Waals surface area (Å²) < 4.78 is 0. The van der Waals surface area contributed by atoms with Crippen molar-refractivity contribution in [2.45, 2.75) is 0 Å². The Morgan fingerprint density at radius 1 is 0.500 bits per heavy atom. The summed E-state index contributed by atoms with van der Waals surface area (Å²) >= 11 is 0. The van der Waals surface area contributed by atoms with E-state index in [4.69, 9.17) is 0 Å². The van der Waals surface area contributed by atoms with Gasteiger partial charge in [0.15, 0.2) is 0 Å². The van der Waals surface area contributed by atoms with Crippen molar-refractivity contribution in [2.24, 2.45) is 0 Å². The molecule has 0 saturated carbocycles. The maximum absolute atomic E-state index is 0. The monoisotopic (exact) mass is 420 g/mol. The summed E-state index contributed by atoms with van der Waals surface area (Å²) in [6, 6.07) is 0. The molecule has 0 nitrogen and oxygen atoms in total. The number of hydrogen-bond donors (Lipinski definition) is 0. The molecular formula is H2Cl5Cm-3. The molecule has 0 amide bonds. The quantitative estimate of drug-likeness (QED) is 0.361. The van der Waals surface area contributed by atoms with Gasteiger partial charge in [0.1, 0.15) is 0 Å². The third-order valence-corrected chi connectivity index (χ3v) is 0. The summed E-state index contributed by atoms with van der Waals surface area (Å²) in [5.41, 5.74) is 0. The molecule has 0 aromatic carbocycles. The van der Waals surface area contributed by atoms with Gasteiger partial charge in [-0.05, 0) is 0 Å². The molecule has 0 aromatic rings. The topological polar surface area (TPSA) is 0 Å². The van der Waals surface area contributed by atoms with Crippen molar-refractivity contribution in [3.05, 3.63) is 0 Å². The van der Waals surface area contributed by atoms with Gasteiger partial charge in [-0.15, -0.1) is 24.8 Å². The minimum absolute atomic E-state index is 0. The molecular weight excluding hydrogens is 424 g/mol. The predicted octanol–water partition coefficient (Wildman–Crippen LogP) is -8.14. The fourth-order valence-electron chi connectivity index (χ4n) is 0. The summed E-state index contributed by atoms with van der Waals surface area (Å²) in [6.07, 6.45) is 0. The van der Waals surface area contributed by atoms with E-state index >= 15 is 0 Å². The summed E-state index contributed by atoms with van der Waals surface area (Å²) in [4.78, 5) is 0. The molecule has 0 unspecified atom stereocenters. The number of rotatable bonds is 0. The molecule has 6 heavy (non-hydrogen) atoms. The van der Waals surface area contributed by atoms with Gasteiger partial charge in [0.05, 0.1) is 0 Å². The zero-order valence-electron chi connectivity index (χ0n) is 2.30. The SMILES string of the molecule is Cl.Cl.[Cl-].[Cl-].[Cl-].[Cm]. The molecule has 0 spiro atoms. The van der Waals surface area contributed by atoms with Gasteiger partial charge in [0.25, 0.3) is 0 Å². The molecule has 0 heterocycles. The van der Waals surface area contributed by atoms with Crippen LogP contribution in [0.1, 0.15) is 0 Å². The van der Waals surface area contributed by atoms with Crippen molar-refractivity contribution in [3.63, 3.8) is 0 Å². The Hall–Kier alpha value is 0.450. The van der Waals surface area contributed by atoms with Crippen LogP contribution in [0.3, 0.4) is 0 Å². The van der Waals surface area contributed by atoms with Crippen molar-refractivity contribution in [2.75, 3.05) is 0 Å². The van der Waals surface area contributed by atoms with E-state index in [9.17, 15) is 0 Å². The minimum atomic E-state index is 0. The zero-order chi connectivity index (χ0) is 0. The third-order valence-electron chi connectivity index (χ3n) is 0. The molecule has 0 N–H and O–H groups in total. The van der Waals surface area contributed by atoms with Gasteiger partial charge in [-0.3, -0.25) is 0 Å². The van der Waals surface area contributed by atoms with Crippen LogP contribution in [0.15, 0.2) is 0 Å². The van der Waals surface area contributed by atoms with Gasteiger partial charge >= 0.3 is 0 Å². The van der Waals surface area contributed by atoms with E-state index in [1.54, 1.807) is 0 Å². The van der Waals surface area contributed by atoms with E-state index in [2.05, 4.69) is 0 Å². The summed E-state index contributed by atoms with van der Waals surface area (Å²) in [7, 11) is 0. The van der Waals surface area contributed by atoms with Crippen molar-refractivity contribution in [1.82, 2.24) is 0 Å². The molecule has 48 valence electrons. The van der Waals surface area contributed by atoms with Crippen molar-refractivity contribution in [3.8, 4) is 0 Å². The van der Waals surface area contributed by atoms with E-state index in [1.165, 1.54) is 0 Å². The van der Waals surface area contributed by atoms with Crippen LogP contribution in [-0.4, -0.2) is 0 Å². The molecule has 0 aliphatic rings. The second kappa shape index (κ2) is 533. The van der Waals surface area contributed by atoms with E-state index in [0.29, 0.717) is 0 Å². The molecule has 0 aliphatic heterocycles. The van der Waals surface area contributed by atoms with Crippen molar-refractivity contribution >= 4 is 24.8 Å². The Balaban J connectivity index is 0. The summed E-state index contributed by atoms with van der Waals surface area (Å²) in [6.45, 7) is 0. The van der Waals surface area contributed by atoms with E-state index in [0.717, 1.165) is 0 Å². The first-order valence-corrected chi connectivity index (χ1v) is 0. The van der Waals surface area contributed by atoms with Crippen LogP contribution in [-0.2, 0) is 0 Å². The Morgan fingerprint density at radius 2 is 0.500 bits per heavy atom. The molecule has 0 atom stereocenters. The van der Waals surface area contributed by atoms with Crippen LogP contribution in [0.25, 0.3) is 0 Å². The Kier molecular flexibility index (Phi) is 84000. The van der Waals surface area contributed by atoms with Gasteiger partial charge < -0.3 is 37.2 Å². The van der Waals surface area contributed by atoms with Gasteiger partial charge in [-0.1, -0.05) is 0 Å². The molecule has 0 saturated heterocycles. The molecule has 0 rings (SSSR count). The van der Waals surface area contributed by atoms with Gasteiger partial charge in [0, 0.05) is 0 Å². The summed E-state index contributed by atoms with van der Waals surface area (Å²) in [5, 5.41) is 0. The van der Waals surface area contributed by atoms with Crippen LogP contribution in [0.2, 0.25) is 0 Å². The first-order chi connectivity index (χ1) is 0. The van der Waals surface area contributed by atoms with Crippen LogP contribution in [0, 0.1) is 0 Å². The third kappa shape index (κ3) is 262. The fourth-order valence-corrected chi connectivity index (χ4v) is 0. The van der Waals surface area contributed by atoms with Gasteiger partial charge in [-0.2, -0.15) is 0 Å². The van der Waals surface area contributed by atoms with Crippen LogP contribution in [0.4, 0.5) is 0 Å². The number of hydrogen-bond acceptors (Lipinski definition) is 0. The van der Waals surface area contributed by atoms with Gasteiger partial charge in [0.2, 0.25) is 0 Å². The molecule has 0 aliphatic carbocycles. The molecule has 0 radical (unpaired) electrons. The first kappa shape index (κ1) is 946. The van der Waals surface area contributed by atoms with Crippen LogP contribution < -0.4 is 37.2 Å². The van der Waals surface area contributed by atoms with Gasteiger partial charge in [-0.25, -0.2) is 0 Å². The van der Waals surface area contributed by atoms with Crippen molar-refractivity contribution in [1.29, 1.82) is 0 Å². The Morgan fingerprint density at radius 3 is 0.500 bits per heavy atom. The standard InChI is InChI=1S/5ClH.Cm/h5*1H;/p-3. The summed E-state index contributed by atoms with van der Waals surface area (Å²) in [5.74, 6) is 0. The fraction of sp³-hybridized carbons (Fsp3) is 0. The zero-order valence-corrected chi connectivity index (χ0v) is 9.15. The Bertz CT molecular complexity index is 3.90. The average Bonchev–Trinajstić information content (AvgIpc) is 0. The molecule has 6 heteroatoms. The first-order valence-electron chi connectivity index (χ1n) is 0. The average molecular weight is 426 g/mol. The van der Waals surface area contributed by atoms with E-state index in [1.807, 2.05) is 0 Å². The maximum atomic E-state index is 0. The normalized spacial score (nSPS) is 0. The second-order valence-corrected chi connectivity index (χ2v) is 0. The van der Waals surface area contributed by atoms with Crippen LogP contribution >= 0.6 is 24.8 Å².